The Morgan fingerprint density at radius 2 is 1.86 bits per heavy atom. The van der Waals surface area contributed by atoms with Gasteiger partial charge in [-0.3, -0.25) is 0 Å². The molecule has 2 heterocycles. The number of hydrogen-bond donors (Lipinski definition) is 1. The van der Waals surface area contributed by atoms with Crippen LogP contribution in [0.15, 0.2) is 59.1 Å². The molecule has 4 aromatic rings. The molecule has 4 rings (SSSR count). The fraction of sp³-hybridized carbons (Fsp3) is 0.231. The highest BCUT2D eigenvalue weighted by Crippen LogP contribution is 2.38. The molecule has 0 aliphatic carbocycles. The van der Waals surface area contributed by atoms with Crippen LogP contribution in [0.25, 0.3) is 21.7 Å². The van der Waals surface area contributed by atoms with Crippen molar-refractivity contribution in [2.45, 2.75) is 39.7 Å². The summed E-state index contributed by atoms with van der Waals surface area (Å²) in [4.78, 5) is 12.3. The monoisotopic (exact) mass is 517 g/mol. The lowest BCUT2D eigenvalue weighted by atomic mass is 10.0. The van der Waals surface area contributed by atoms with Crippen molar-refractivity contribution in [3.63, 3.8) is 0 Å². The Morgan fingerprint density at radius 1 is 1.11 bits per heavy atom. The van der Waals surface area contributed by atoms with Crippen molar-refractivity contribution < 1.29 is 37.1 Å². The van der Waals surface area contributed by atoms with Gasteiger partial charge in [-0.05, 0) is 60.5 Å². The number of thiophene rings is 1. The minimum atomic E-state index is -4.86. The maximum Gasteiger partial charge on any atom is 0.573 e. The number of alkyl halides is 3. The van der Waals surface area contributed by atoms with E-state index in [0.29, 0.717) is 17.1 Å². The topological polar surface area (TPSA) is 81.8 Å². The first-order valence-corrected chi connectivity index (χ1v) is 11.8. The number of nitrogens with zero attached hydrogens (tertiary/aromatic N) is 1. The number of aromatic carboxylic acids is 1. The molecule has 10 heteroatoms. The molecular formula is C26H22F3NO5S. The van der Waals surface area contributed by atoms with Gasteiger partial charge < -0.3 is 19.1 Å². The average Bonchev–Trinajstić information content (AvgIpc) is 3.45. The third-order valence-corrected chi connectivity index (χ3v) is 6.48. The molecule has 0 aliphatic rings. The zero-order chi connectivity index (χ0) is 26.0. The molecule has 0 bridgehead atoms. The summed E-state index contributed by atoms with van der Waals surface area (Å²) in [6, 6.07) is 14.5. The van der Waals surface area contributed by atoms with Gasteiger partial charge in [-0.25, -0.2) is 4.79 Å². The molecule has 1 N–H and O–H groups in total. The first-order valence-electron chi connectivity index (χ1n) is 10.9. The van der Waals surface area contributed by atoms with Crippen molar-refractivity contribution in [3.05, 3.63) is 76.4 Å². The molecule has 6 nitrogen and oxygen atoms in total. The lowest BCUT2D eigenvalue weighted by Crippen LogP contribution is -2.17. The smallest absolute Gasteiger partial charge is 0.489 e. The third-order valence-electron chi connectivity index (χ3n) is 5.37. The number of aromatic nitrogens is 1. The van der Waals surface area contributed by atoms with Gasteiger partial charge in [0.05, 0.1) is 5.56 Å². The highest BCUT2D eigenvalue weighted by Gasteiger charge is 2.33. The van der Waals surface area contributed by atoms with Gasteiger partial charge in [0.25, 0.3) is 0 Å². The number of carbonyl (C=O) groups is 1. The van der Waals surface area contributed by atoms with Crippen LogP contribution in [0.4, 0.5) is 13.2 Å². The summed E-state index contributed by atoms with van der Waals surface area (Å²) in [5, 5.41) is 13.2. The lowest BCUT2D eigenvalue weighted by molar-refractivity contribution is -0.274. The van der Waals surface area contributed by atoms with Gasteiger partial charge in [-0.15, -0.1) is 24.5 Å². The van der Waals surface area contributed by atoms with Crippen molar-refractivity contribution in [2.75, 3.05) is 0 Å². The Morgan fingerprint density at radius 3 is 2.50 bits per heavy atom. The number of benzene rings is 2. The number of carboxylic acid groups (broad SMARTS) is 1. The van der Waals surface area contributed by atoms with Crippen LogP contribution in [-0.4, -0.2) is 22.6 Å². The summed E-state index contributed by atoms with van der Waals surface area (Å²) in [7, 11) is 0. The van der Waals surface area contributed by atoms with Crippen molar-refractivity contribution in [1.82, 2.24) is 5.16 Å². The number of aryl methyl sites for hydroxylation is 1. The van der Waals surface area contributed by atoms with E-state index in [9.17, 15) is 23.1 Å². The van der Waals surface area contributed by atoms with Gasteiger partial charge in [0.2, 0.25) is 0 Å². The van der Waals surface area contributed by atoms with Crippen LogP contribution in [0.1, 0.15) is 46.3 Å². The Balaban J connectivity index is 1.62. The summed E-state index contributed by atoms with van der Waals surface area (Å²) in [6.45, 7) is 5.67. The molecule has 0 amide bonds. The SMILES string of the molecule is Cc1cc(OCc2c(-c3ccccc3OC(F)(F)F)noc2C(C)C)ccc1-c1ccc(C(=O)O)s1. The highest BCUT2D eigenvalue weighted by atomic mass is 32.1. The minimum absolute atomic E-state index is 0.00759. The average molecular weight is 518 g/mol. The van der Waals surface area contributed by atoms with E-state index in [1.807, 2.05) is 32.9 Å². The van der Waals surface area contributed by atoms with E-state index >= 15 is 0 Å². The predicted molar refractivity (Wildman–Crippen MR) is 128 cm³/mol. The standard InChI is InChI=1S/C26H22F3NO5S/c1-14(2)24-19(23(30-35-24)18-6-4-5-7-20(18)34-26(27,28)29)13-33-16-8-9-17(15(3)12-16)21-10-11-22(36-21)25(31)32/h4-12,14H,13H2,1-3H3,(H,31,32). The maximum absolute atomic E-state index is 13.0. The molecule has 0 radical (unpaired) electrons. The number of halogens is 3. The summed E-state index contributed by atoms with van der Waals surface area (Å²) >= 11 is 1.18. The van der Waals surface area contributed by atoms with Crippen molar-refractivity contribution in [2.24, 2.45) is 0 Å². The normalized spacial score (nSPS) is 11.6. The number of hydrogen-bond acceptors (Lipinski definition) is 6. The van der Waals surface area contributed by atoms with Crippen LogP contribution >= 0.6 is 11.3 Å². The predicted octanol–water partition coefficient (Wildman–Crippen LogP) is 7.68. The Labute approximate surface area is 208 Å². The van der Waals surface area contributed by atoms with Crippen LogP contribution in [0.2, 0.25) is 0 Å². The number of rotatable bonds is 8. The molecule has 0 fully saturated rings. The van der Waals surface area contributed by atoms with Crippen molar-refractivity contribution in [3.8, 4) is 33.2 Å². The van der Waals surface area contributed by atoms with E-state index in [2.05, 4.69) is 9.89 Å². The van der Waals surface area contributed by atoms with Gasteiger partial charge in [0, 0.05) is 16.4 Å². The highest BCUT2D eigenvalue weighted by molar-refractivity contribution is 7.17. The number of para-hydroxylation sites is 1. The summed E-state index contributed by atoms with van der Waals surface area (Å²) < 4.78 is 54.6. The molecule has 0 saturated carbocycles. The zero-order valence-corrected chi connectivity index (χ0v) is 20.4. The first-order chi connectivity index (χ1) is 17.0. The molecule has 188 valence electrons. The van der Waals surface area contributed by atoms with Crippen LogP contribution < -0.4 is 9.47 Å². The summed E-state index contributed by atoms with van der Waals surface area (Å²) in [5.41, 5.74) is 2.64. The fourth-order valence-electron chi connectivity index (χ4n) is 3.76. The molecule has 2 aromatic carbocycles. The van der Waals surface area contributed by atoms with Crippen LogP contribution in [0, 0.1) is 6.92 Å². The third kappa shape index (κ3) is 5.54. The number of ether oxygens (including phenoxy) is 2. The lowest BCUT2D eigenvalue weighted by Gasteiger charge is -2.14. The first kappa shape index (κ1) is 25.3. The Kier molecular flexibility index (Phi) is 7.07. The molecule has 0 saturated heterocycles. The fourth-order valence-corrected chi connectivity index (χ4v) is 4.69. The van der Waals surface area contributed by atoms with Crippen LogP contribution in [-0.2, 0) is 6.61 Å². The molecule has 36 heavy (non-hydrogen) atoms. The molecule has 0 unspecified atom stereocenters. The molecule has 0 aliphatic heterocycles. The van der Waals surface area contributed by atoms with E-state index in [0.717, 1.165) is 16.0 Å². The summed E-state index contributed by atoms with van der Waals surface area (Å²) in [6.07, 6.45) is -4.86. The van der Waals surface area contributed by atoms with E-state index in [1.54, 1.807) is 24.3 Å². The van der Waals surface area contributed by atoms with Gasteiger partial charge in [0.1, 0.15) is 34.4 Å². The van der Waals surface area contributed by atoms with Crippen molar-refractivity contribution in [1.29, 1.82) is 0 Å². The zero-order valence-electron chi connectivity index (χ0n) is 19.6. The van der Waals surface area contributed by atoms with E-state index in [1.165, 1.54) is 29.5 Å². The Bertz CT molecular complexity index is 1390. The Hall–Kier alpha value is -3.79. The second-order valence-corrected chi connectivity index (χ2v) is 9.39. The molecule has 0 spiro atoms. The van der Waals surface area contributed by atoms with Gasteiger partial charge >= 0.3 is 12.3 Å². The van der Waals surface area contributed by atoms with E-state index in [-0.39, 0.29) is 34.4 Å². The van der Waals surface area contributed by atoms with E-state index < -0.39 is 12.3 Å². The molecule has 2 aromatic heterocycles. The van der Waals surface area contributed by atoms with Gasteiger partial charge in [-0.2, -0.15) is 0 Å². The van der Waals surface area contributed by atoms with Crippen LogP contribution in [0.3, 0.4) is 0 Å². The van der Waals surface area contributed by atoms with Crippen molar-refractivity contribution >= 4 is 17.3 Å². The second-order valence-electron chi connectivity index (χ2n) is 8.31. The van der Waals surface area contributed by atoms with Crippen LogP contribution in [0.5, 0.6) is 11.5 Å². The quantitative estimate of drug-likeness (QED) is 0.258. The summed E-state index contributed by atoms with van der Waals surface area (Å²) in [5.74, 6) is -0.414. The molecule has 0 atom stereocenters. The van der Waals surface area contributed by atoms with Gasteiger partial charge in [0.15, 0.2) is 0 Å². The van der Waals surface area contributed by atoms with E-state index in [4.69, 9.17) is 9.26 Å². The van der Waals surface area contributed by atoms with Gasteiger partial charge in [-0.1, -0.05) is 31.1 Å². The largest absolute Gasteiger partial charge is 0.573 e. The molecular weight excluding hydrogens is 495 g/mol. The maximum atomic E-state index is 13.0. The number of carboxylic acids is 1. The minimum Gasteiger partial charge on any atom is -0.489 e. The second kappa shape index (κ2) is 10.1.